The van der Waals surface area contributed by atoms with Crippen molar-refractivity contribution in [1.82, 2.24) is 9.97 Å². The lowest BCUT2D eigenvalue weighted by atomic mass is 10.2. The predicted molar refractivity (Wildman–Crippen MR) is 113 cm³/mol. The number of anilines is 1. The standard InChI is InChI=1S/C21H18N4O6S/c1-29-16-9-17(30-2)11-18(10-16)31-20-6-7-23-21(25-20)32(27,28)13-19(26)24-15-5-3-4-14(8-15)12-22/h3-11H,13H2,1-2H3,(H,24,26). The topological polar surface area (TPSA) is 140 Å². The third-order valence-corrected chi connectivity index (χ3v) is 5.43. The van der Waals surface area contributed by atoms with Gasteiger partial charge < -0.3 is 19.5 Å². The molecule has 0 aliphatic carbocycles. The van der Waals surface area contributed by atoms with Crippen LogP contribution in [0, 0.1) is 11.3 Å². The van der Waals surface area contributed by atoms with Gasteiger partial charge in [0.25, 0.3) is 5.16 Å². The highest BCUT2D eigenvalue weighted by molar-refractivity contribution is 7.92. The van der Waals surface area contributed by atoms with E-state index in [2.05, 4.69) is 15.3 Å². The molecule has 0 spiro atoms. The molecule has 0 saturated heterocycles. The van der Waals surface area contributed by atoms with Crippen molar-refractivity contribution in [3.8, 4) is 29.2 Å². The molecule has 0 saturated carbocycles. The number of nitriles is 1. The van der Waals surface area contributed by atoms with Crippen LogP contribution in [-0.4, -0.2) is 44.3 Å². The van der Waals surface area contributed by atoms with Crippen molar-refractivity contribution in [3.05, 3.63) is 60.3 Å². The first-order valence-electron chi connectivity index (χ1n) is 9.09. The van der Waals surface area contributed by atoms with Crippen LogP contribution in [0.3, 0.4) is 0 Å². The van der Waals surface area contributed by atoms with Gasteiger partial charge in [0.15, 0.2) is 0 Å². The normalized spacial score (nSPS) is 10.7. The van der Waals surface area contributed by atoms with Crippen LogP contribution in [0.25, 0.3) is 0 Å². The average molecular weight is 454 g/mol. The number of hydrogen-bond acceptors (Lipinski definition) is 9. The van der Waals surface area contributed by atoms with E-state index in [1.165, 1.54) is 32.5 Å². The van der Waals surface area contributed by atoms with Crippen LogP contribution in [0.2, 0.25) is 0 Å². The Morgan fingerprint density at radius 1 is 1.06 bits per heavy atom. The van der Waals surface area contributed by atoms with Gasteiger partial charge >= 0.3 is 0 Å². The summed E-state index contributed by atoms with van der Waals surface area (Å²) >= 11 is 0. The third-order valence-electron chi connectivity index (χ3n) is 4.03. The number of aromatic nitrogens is 2. The fourth-order valence-electron chi connectivity index (χ4n) is 2.59. The maximum Gasteiger partial charge on any atom is 0.250 e. The molecule has 3 aromatic rings. The van der Waals surface area contributed by atoms with Crippen LogP contribution in [-0.2, 0) is 14.6 Å². The Kier molecular flexibility index (Phi) is 6.87. The average Bonchev–Trinajstić information content (AvgIpc) is 2.78. The van der Waals surface area contributed by atoms with Crippen LogP contribution >= 0.6 is 0 Å². The summed E-state index contributed by atoms with van der Waals surface area (Å²) in [6.45, 7) is 0. The molecule has 0 fully saturated rings. The van der Waals surface area contributed by atoms with Gasteiger partial charge in [0.2, 0.25) is 21.6 Å². The molecule has 2 aromatic carbocycles. The predicted octanol–water partition coefficient (Wildman–Crippen LogP) is 2.57. The van der Waals surface area contributed by atoms with Gasteiger partial charge in [0, 0.05) is 36.1 Å². The van der Waals surface area contributed by atoms with Gasteiger partial charge in [0.1, 0.15) is 23.0 Å². The Bertz CT molecular complexity index is 1270. The SMILES string of the molecule is COc1cc(OC)cc(Oc2ccnc(S(=O)(=O)CC(=O)Nc3cccc(C#N)c3)n2)c1. The Labute approximate surface area is 184 Å². The van der Waals surface area contributed by atoms with E-state index in [-0.39, 0.29) is 5.88 Å². The molecule has 0 aliphatic heterocycles. The van der Waals surface area contributed by atoms with Crippen LogP contribution in [0.4, 0.5) is 5.69 Å². The second kappa shape index (κ2) is 9.76. The van der Waals surface area contributed by atoms with Gasteiger partial charge in [-0.3, -0.25) is 4.79 Å². The summed E-state index contributed by atoms with van der Waals surface area (Å²) in [4.78, 5) is 19.9. The second-order valence-corrected chi connectivity index (χ2v) is 8.21. The first-order chi connectivity index (χ1) is 15.3. The molecular weight excluding hydrogens is 436 g/mol. The van der Waals surface area contributed by atoms with Gasteiger partial charge in [0.05, 0.1) is 25.9 Å². The minimum atomic E-state index is -4.16. The van der Waals surface area contributed by atoms with Gasteiger partial charge in [-0.2, -0.15) is 10.2 Å². The first-order valence-corrected chi connectivity index (χ1v) is 10.7. The third kappa shape index (κ3) is 5.71. The zero-order chi connectivity index (χ0) is 23.1. The molecule has 0 radical (unpaired) electrons. The Morgan fingerprint density at radius 2 is 1.75 bits per heavy atom. The number of ether oxygens (including phenoxy) is 3. The van der Waals surface area contributed by atoms with Crippen molar-refractivity contribution in [2.24, 2.45) is 0 Å². The minimum absolute atomic E-state index is 0.0454. The molecule has 1 amide bonds. The van der Waals surface area contributed by atoms with Crippen molar-refractivity contribution >= 4 is 21.4 Å². The summed E-state index contributed by atoms with van der Waals surface area (Å²) in [5.41, 5.74) is 0.627. The van der Waals surface area contributed by atoms with Crippen molar-refractivity contribution in [2.45, 2.75) is 5.16 Å². The van der Waals surface area contributed by atoms with Crippen LogP contribution < -0.4 is 19.5 Å². The van der Waals surface area contributed by atoms with E-state index in [1.807, 2.05) is 6.07 Å². The number of benzene rings is 2. The molecule has 11 heteroatoms. The number of carbonyl (C=O) groups is 1. The zero-order valence-electron chi connectivity index (χ0n) is 17.1. The summed E-state index contributed by atoms with van der Waals surface area (Å²) in [5, 5.41) is 10.8. The summed E-state index contributed by atoms with van der Waals surface area (Å²) in [6, 6.07) is 14.2. The van der Waals surface area contributed by atoms with Crippen molar-refractivity contribution in [1.29, 1.82) is 5.26 Å². The fraction of sp³-hybridized carbons (Fsp3) is 0.143. The summed E-state index contributed by atoms with van der Waals surface area (Å²) in [6.07, 6.45) is 1.21. The van der Waals surface area contributed by atoms with Crippen molar-refractivity contribution in [2.75, 3.05) is 25.3 Å². The van der Waals surface area contributed by atoms with E-state index in [0.717, 1.165) is 0 Å². The van der Waals surface area contributed by atoms with E-state index in [4.69, 9.17) is 19.5 Å². The lowest BCUT2D eigenvalue weighted by Gasteiger charge is -2.10. The maximum atomic E-state index is 12.6. The molecule has 1 heterocycles. The molecule has 0 aliphatic rings. The molecule has 0 bridgehead atoms. The quantitative estimate of drug-likeness (QED) is 0.508. The number of rotatable bonds is 8. The summed E-state index contributed by atoms with van der Waals surface area (Å²) in [5.74, 6) is -0.487. The molecule has 1 N–H and O–H groups in total. The first kappa shape index (κ1) is 22.5. The highest BCUT2D eigenvalue weighted by Gasteiger charge is 2.23. The highest BCUT2D eigenvalue weighted by Crippen LogP contribution is 2.30. The van der Waals surface area contributed by atoms with Crippen LogP contribution in [0.1, 0.15) is 5.56 Å². The fourth-order valence-corrected chi connectivity index (χ4v) is 3.59. The number of carbonyl (C=O) groups excluding carboxylic acids is 1. The van der Waals surface area contributed by atoms with Crippen LogP contribution in [0.5, 0.6) is 23.1 Å². The number of nitrogens with zero attached hydrogens (tertiary/aromatic N) is 3. The van der Waals surface area contributed by atoms with E-state index >= 15 is 0 Å². The minimum Gasteiger partial charge on any atom is -0.496 e. The largest absolute Gasteiger partial charge is 0.496 e. The summed E-state index contributed by atoms with van der Waals surface area (Å²) < 4.78 is 41.2. The summed E-state index contributed by atoms with van der Waals surface area (Å²) in [7, 11) is -1.20. The van der Waals surface area contributed by atoms with Gasteiger partial charge in [-0.25, -0.2) is 13.4 Å². The maximum absolute atomic E-state index is 12.6. The van der Waals surface area contributed by atoms with Crippen molar-refractivity contribution in [3.63, 3.8) is 0 Å². The van der Waals surface area contributed by atoms with E-state index < -0.39 is 26.7 Å². The molecular formula is C21H18N4O6S. The zero-order valence-corrected chi connectivity index (χ0v) is 17.9. The number of amides is 1. The number of hydrogen-bond donors (Lipinski definition) is 1. The Balaban J connectivity index is 1.76. The Morgan fingerprint density at radius 3 is 2.41 bits per heavy atom. The molecule has 1 aromatic heterocycles. The molecule has 32 heavy (non-hydrogen) atoms. The molecule has 0 atom stereocenters. The van der Waals surface area contributed by atoms with Gasteiger partial charge in [-0.05, 0) is 18.2 Å². The van der Waals surface area contributed by atoms with E-state index in [1.54, 1.807) is 36.4 Å². The van der Waals surface area contributed by atoms with Gasteiger partial charge in [-0.1, -0.05) is 6.07 Å². The monoisotopic (exact) mass is 454 g/mol. The number of nitrogens with one attached hydrogen (secondary N) is 1. The van der Waals surface area contributed by atoms with E-state index in [9.17, 15) is 13.2 Å². The number of methoxy groups -OCH3 is 2. The lowest BCUT2D eigenvalue weighted by Crippen LogP contribution is -2.24. The number of sulfone groups is 1. The van der Waals surface area contributed by atoms with Crippen molar-refractivity contribution < 1.29 is 27.4 Å². The molecule has 10 nitrogen and oxygen atoms in total. The van der Waals surface area contributed by atoms with Gasteiger partial charge in [-0.15, -0.1) is 0 Å². The molecule has 164 valence electrons. The van der Waals surface area contributed by atoms with E-state index in [0.29, 0.717) is 28.5 Å². The van der Waals surface area contributed by atoms with Crippen LogP contribution in [0.15, 0.2) is 59.9 Å². The Hall–Kier alpha value is -4.17. The molecule has 0 unspecified atom stereocenters. The highest BCUT2D eigenvalue weighted by atomic mass is 32.2. The second-order valence-electron chi connectivity index (χ2n) is 6.33. The smallest absolute Gasteiger partial charge is 0.250 e. The molecule has 3 rings (SSSR count). The lowest BCUT2D eigenvalue weighted by molar-refractivity contribution is -0.113.